The van der Waals surface area contributed by atoms with Crippen LogP contribution in [0.2, 0.25) is 0 Å². The summed E-state index contributed by atoms with van der Waals surface area (Å²) in [5.41, 5.74) is 7.74. The Kier molecular flexibility index (Phi) is 5.05. The average molecular weight is 274 g/mol. The van der Waals surface area contributed by atoms with Crippen LogP contribution in [-0.2, 0) is 11.2 Å². The normalized spacial score (nSPS) is 26.2. The van der Waals surface area contributed by atoms with Crippen LogP contribution in [0.1, 0.15) is 45.1 Å². The minimum atomic E-state index is 0.152. The Morgan fingerprint density at radius 1 is 1.20 bits per heavy atom. The van der Waals surface area contributed by atoms with Crippen LogP contribution in [0.5, 0.6) is 0 Å². The average Bonchev–Trinajstić information content (AvgIpc) is 2.36. The molecule has 0 aromatic heterocycles. The van der Waals surface area contributed by atoms with Crippen molar-refractivity contribution in [1.29, 1.82) is 0 Å². The molecule has 0 bridgehead atoms. The van der Waals surface area contributed by atoms with E-state index < -0.39 is 0 Å². The molecule has 1 aromatic carbocycles. The first-order valence-electron chi connectivity index (χ1n) is 7.67. The highest BCUT2D eigenvalue weighted by Crippen LogP contribution is 2.28. The summed E-state index contributed by atoms with van der Waals surface area (Å²) in [5.74, 6) is 1.59. The highest BCUT2D eigenvalue weighted by Gasteiger charge is 2.24. The number of benzene rings is 1. The summed E-state index contributed by atoms with van der Waals surface area (Å²) in [5, 5.41) is 3.19. The molecule has 1 amide bonds. The van der Waals surface area contributed by atoms with Crippen LogP contribution in [0, 0.1) is 11.8 Å². The molecule has 2 atom stereocenters. The molecule has 0 saturated heterocycles. The molecule has 2 unspecified atom stereocenters. The molecule has 3 N–H and O–H groups in total. The minimum Gasteiger partial charge on any atom is -0.399 e. The number of nitrogen functional groups attached to an aromatic ring is 1. The third-order valence-electron chi connectivity index (χ3n) is 4.22. The van der Waals surface area contributed by atoms with Crippen molar-refractivity contribution in [2.45, 2.75) is 52.0 Å². The number of carbonyl (C=O) groups is 1. The third-order valence-corrected chi connectivity index (χ3v) is 4.22. The molecular weight excluding hydrogens is 248 g/mol. The van der Waals surface area contributed by atoms with E-state index in [1.54, 1.807) is 0 Å². The Hall–Kier alpha value is -1.51. The summed E-state index contributed by atoms with van der Waals surface area (Å²) in [6, 6.07) is 8.12. The van der Waals surface area contributed by atoms with E-state index in [0.717, 1.165) is 30.5 Å². The molecule has 110 valence electrons. The van der Waals surface area contributed by atoms with E-state index in [2.05, 4.69) is 19.2 Å². The van der Waals surface area contributed by atoms with E-state index in [1.165, 1.54) is 6.42 Å². The fourth-order valence-electron chi connectivity index (χ4n) is 3.37. The molecule has 1 aromatic rings. The van der Waals surface area contributed by atoms with Crippen molar-refractivity contribution in [2.24, 2.45) is 11.8 Å². The fourth-order valence-corrected chi connectivity index (χ4v) is 3.37. The van der Waals surface area contributed by atoms with Crippen LogP contribution in [0.4, 0.5) is 5.69 Å². The first-order chi connectivity index (χ1) is 9.54. The Labute approximate surface area is 121 Å². The third kappa shape index (κ3) is 4.26. The fraction of sp³-hybridized carbons (Fsp3) is 0.588. The molecule has 2 rings (SSSR count). The van der Waals surface area contributed by atoms with E-state index in [-0.39, 0.29) is 5.91 Å². The lowest BCUT2D eigenvalue weighted by molar-refractivity contribution is -0.122. The highest BCUT2D eigenvalue weighted by atomic mass is 16.1. The Balaban J connectivity index is 1.79. The molecule has 1 aliphatic carbocycles. The quantitative estimate of drug-likeness (QED) is 0.829. The van der Waals surface area contributed by atoms with Gasteiger partial charge in [0.25, 0.3) is 0 Å². The Morgan fingerprint density at radius 3 is 2.50 bits per heavy atom. The number of carbonyl (C=O) groups excluding carboxylic acids is 1. The molecule has 20 heavy (non-hydrogen) atoms. The number of aryl methyl sites for hydroxylation is 1. The van der Waals surface area contributed by atoms with E-state index >= 15 is 0 Å². The molecule has 1 fully saturated rings. The molecule has 1 saturated carbocycles. The predicted octanol–water partition coefficient (Wildman–Crippen LogP) is 3.14. The van der Waals surface area contributed by atoms with Gasteiger partial charge in [0, 0.05) is 18.2 Å². The van der Waals surface area contributed by atoms with Crippen molar-refractivity contribution in [3.8, 4) is 0 Å². The van der Waals surface area contributed by atoms with Gasteiger partial charge < -0.3 is 11.1 Å². The van der Waals surface area contributed by atoms with E-state index in [1.807, 2.05) is 24.3 Å². The summed E-state index contributed by atoms with van der Waals surface area (Å²) >= 11 is 0. The maximum Gasteiger partial charge on any atom is 0.220 e. The summed E-state index contributed by atoms with van der Waals surface area (Å²) in [4.78, 5) is 12.1. The van der Waals surface area contributed by atoms with Gasteiger partial charge in [-0.2, -0.15) is 0 Å². The summed E-state index contributed by atoms with van der Waals surface area (Å²) in [7, 11) is 0. The molecule has 0 aliphatic heterocycles. The molecule has 0 radical (unpaired) electrons. The summed E-state index contributed by atoms with van der Waals surface area (Å²) in [6.45, 7) is 4.55. The predicted molar refractivity (Wildman–Crippen MR) is 83.3 cm³/mol. The number of anilines is 1. The van der Waals surface area contributed by atoms with Crippen LogP contribution in [0.3, 0.4) is 0 Å². The number of hydrogen-bond acceptors (Lipinski definition) is 2. The van der Waals surface area contributed by atoms with Gasteiger partial charge in [0.1, 0.15) is 0 Å². The number of hydrogen-bond donors (Lipinski definition) is 2. The summed E-state index contributed by atoms with van der Waals surface area (Å²) in [6.07, 6.45) is 4.75. The van der Waals surface area contributed by atoms with Crippen molar-refractivity contribution < 1.29 is 4.79 Å². The van der Waals surface area contributed by atoms with Gasteiger partial charge in [0.05, 0.1) is 0 Å². The van der Waals surface area contributed by atoms with E-state index in [4.69, 9.17) is 5.73 Å². The molecule has 0 heterocycles. The van der Waals surface area contributed by atoms with Gasteiger partial charge >= 0.3 is 0 Å². The van der Waals surface area contributed by atoms with Crippen molar-refractivity contribution in [1.82, 2.24) is 5.32 Å². The zero-order valence-corrected chi connectivity index (χ0v) is 12.6. The number of nitrogens with one attached hydrogen (secondary N) is 1. The Bertz CT molecular complexity index is 448. The zero-order chi connectivity index (χ0) is 14.5. The SMILES string of the molecule is CC1CC(C)CC(NC(=O)CCc2ccccc2N)C1. The van der Waals surface area contributed by atoms with Crippen LogP contribution >= 0.6 is 0 Å². The van der Waals surface area contributed by atoms with Crippen LogP contribution < -0.4 is 11.1 Å². The van der Waals surface area contributed by atoms with Crippen molar-refractivity contribution >= 4 is 11.6 Å². The lowest BCUT2D eigenvalue weighted by Gasteiger charge is -2.32. The van der Waals surface area contributed by atoms with Gasteiger partial charge in [-0.05, 0) is 49.1 Å². The number of para-hydroxylation sites is 1. The van der Waals surface area contributed by atoms with Gasteiger partial charge in [-0.3, -0.25) is 4.79 Å². The number of nitrogens with two attached hydrogens (primary N) is 1. The maximum absolute atomic E-state index is 12.1. The zero-order valence-electron chi connectivity index (χ0n) is 12.6. The molecule has 3 nitrogen and oxygen atoms in total. The second-order valence-electron chi connectivity index (χ2n) is 6.38. The van der Waals surface area contributed by atoms with Gasteiger partial charge in [0.15, 0.2) is 0 Å². The van der Waals surface area contributed by atoms with Crippen LogP contribution in [-0.4, -0.2) is 11.9 Å². The minimum absolute atomic E-state index is 0.152. The lowest BCUT2D eigenvalue weighted by Crippen LogP contribution is -2.40. The van der Waals surface area contributed by atoms with Gasteiger partial charge in [0.2, 0.25) is 5.91 Å². The van der Waals surface area contributed by atoms with Crippen LogP contribution in [0.25, 0.3) is 0 Å². The van der Waals surface area contributed by atoms with Crippen molar-refractivity contribution in [2.75, 3.05) is 5.73 Å². The van der Waals surface area contributed by atoms with Gasteiger partial charge in [-0.15, -0.1) is 0 Å². The maximum atomic E-state index is 12.1. The van der Waals surface area contributed by atoms with Crippen molar-refractivity contribution in [3.05, 3.63) is 29.8 Å². The summed E-state index contributed by atoms with van der Waals surface area (Å²) < 4.78 is 0. The van der Waals surface area contributed by atoms with Gasteiger partial charge in [-0.1, -0.05) is 32.0 Å². The second-order valence-corrected chi connectivity index (χ2v) is 6.38. The topological polar surface area (TPSA) is 55.1 Å². The molecule has 0 spiro atoms. The molecule has 3 heteroatoms. The van der Waals surface area contributed by atoms with Crippen molar-refractivity contribution in [3.63, 3.8) is 0 Å². The van der Waals surface area contributed by atoms with Gasteiger partial charge in [-0.25, -0.2) is 0 Å². The number of rotatable bonds is 4. The first-order valence-corrected chi connectivity index (χ1v) is 7.67. The number of amides is 1. The van der Waals surface area contributed by atoms with Crippen LogP contribution in [0.15, 0.2) is 24.3 Å². The largest absolute Gasteiger partial charge is 0.399 e. The molecule has 1 aliphatic rings. The Morgan fingerprint density at radius 2 is 1.85 bits per heavy atom. The van der Waals surface area contributed by atoms with E-state index in [0.29, 0.717) is 24.3 Å². The monoisotopic (exact) mass is 274 g/mol. The first kappa shape index (κ1) is 14.9. The lowest BCUT2D eigenvalue weighted by atomic mass is 9.80. The smallest absolute Gasteiger partial charge is 0.220 e. The standard InChI is InChI=1S/C17H26N2O/c1-12-9-13(2)11-15(10-12)19-17(20)8-7-14-5-3-4-6-16(14)18/h3-6,12-13,15H,7-11,18H2,1-2H3,(H,19,20). The second kappa shape index (κ2) is 6.78. The molecular formula is C17H26N2O. The highest BCUT2D eigenvalue weighted by molar-refractivity contribution is 5.76. The van der Waals surface area contributed by atoms with E-state index in [9.17, 15) is 4.79 Å².